The Morgan fingerprint density at radius 2 is 1.74 bits per heavy atom. The summed E-state index contributed by atoms with van der Waals surface area (Å²) in [5.74, 6) is -1.16. The molecule has 110 valence electrons. The number of rotatable bonds is 5. The Hall–Kier alpha value is -1.36. The summed E-state index contributed by atoms with van der Waals surface area (Å²) in [6.07, 6.45) is 1.56. The monoisotopic (exact) mass is 270 g/mol. The highest BCUT2D eigenvalue weighted by Gasteiger charge is 2.29. The quantitative estimate of drug-likeness (QED) is 0.661. The minimum Gasteiger partial charge on any atom is -0.478 e. The summed E-state index contributed by atoms with van der Waals surface area (Å²) in [7, 11) is 0. The fourth-order valence-electron chi connectivity index (χ4n) is 1.39. The normalized spacial score (nSPS) is 16.1. The fourth-order valence-corrected chi connectivity index (χ4v) is 1.39. The van der Waals surface area contributed by atoms with Gasteiger partial charge in [0.1, 0.15) is 0 Å². The number of carboxylic acids is 1. The van der Waals surface area contributed by atoms with Crippen molar-refractivity contribution >= 4 is 11.9 Å². The zero-order valence-corrected chi connectivity index (χ0v) is 12.7. The van der Waals surface area contributed by atoms with Gasteiger partial charge >= 0.3 is 5.97 Å². The van der Waals surface area contributed by atoms with Crippen LogP contribution in [-0.4, -0.2) is 29.1 Å². The predicted molar refractivity (Wildman–Crippen MR) is 75.6 cm³/mol. The Balaban J connectivity index is 4.93. The van der Waals surface area contributed by atoms with Crippen molar-refractivity contribution in [1.82, 2.24) is 5.32 Å². The number of nitrogens with one attached hydrogen (secondary N) is 1. The van der Waals surface area contributed by atoms with Gasteiger partial charge in [0, 0.05) is 5.57 Å². The van der Waals surface area contributed by atoms with Gasteiger partial charge in [-0.15, -0.1) is 0 Å². The van der Waals surface area contributed by atoms with Crippen molar-refractivity contribution in [3.63, 3.8) is 0 Å². The number of hydrogen-bond donors (Lipinski definition) is 3. The molecule has 0 rings (SSSR count). The van der Waals surface area contributed by atoms with Crippen molar-refractivity contribution < 1.29 is 14.7 Å². The Morgan fingerprint density at radius 3 is 2.05 bits per heavy atom. The molecule has 0 aliphatic rings. The number of hydrogen-bond acceptors (Lipinski definition) is 3. The molecule has 0 spiro atoms. The molecule has 1 amide bonds. The average molecular weight is 270 g/mol. The smallest absolute Gasteiger partial charge is 0.331 e. The first-order chi connectivity index (χ1) is 8.46. The minimum absolute atomic E-state index is 0.0884. The maximum Gasteiger partial charge on any atom is 0.331 e. The maximum atomic E-state index is 12.0. The third-order valence-corrected chi connectivity index (χ3v) is 3.01. The molecule has 2 atom stereocenters. The van der Waals surface area contributed by atoms with E-state index in [1.165, 1.54) is 6.92 Å². The predicted octanol–water partition coefficient (Wildman–Crippen LogP) is 1.53. The first-order valence-corrected chi connectivity index (χ1v) is 6.44. The fraction of sp³-hybridized carbons (Fsp3) is 0.714. The van der Waals surface area contributed by atoms with E-state index in [1.807, 2.05) is 34.6 Å². The highest BCUT2D eigenvalue weighted by atomic mass is 16.4. The largest absolute Gasteiger partial charge is 0.478 e. The van der Waals surface area contributed by atoms with Crippen molar-refractivity contribution in [3.05, 3.63) is 11.6 Å². The second-order valence-electron chi connectivity index (χ2n) is 6.28. The van der Waals surface area contributed by atoms with Crippen LogP contribution in [0.4, 0.5) is 0 Å². The van der Waals surface area contributed by atoms with E-state index in [1.54, 1.807) is 6.08 Å². The van der Waals surface area contributed by atoms with Crippen molar-refractivity contribution in [2.24, 2.45) is 17.1 Å². The standard InChI is InChI=1S/C14H26N2O3/c1-8(2)10(7-9(3)13(18)19)16-12(17)11(15)14(4,5)6/h7-8,10-11H,15H2,1-6H3,(H,16,17)(H,18,19)/t10-,11-/m1/s1. The number of nitrogens with two attached hydrogens (primary N) is 1. The van der Waals surface area contributed by atoms with Gasteiger partial charge in [-0.3, -0.25) is 4.79 Å². The van der Waals surface area contributed by atoms with Crippen LogP contribution < -0.4 is 11.1 Å². The molecule has 0 saturated carbocycles. The number of carboxylic acid groups (broad SMARTS) is 1. The molecule has 4 N–H and O–H groups in total. The van der Waals surface area contributed by atoms with Crippen LogP contribution in [0, 0.1) is 11.3 Å². The van der Waals surface area contributed by atoms with Crippen LogP contribution >= 0.6 is 0 Å². The van der Waals surface area contributed by atoms with E-state index in [0.29, 0.717) is 0 Å². The lowest BCUT2D eigenvalue weighted by molar-refractivity contribution is -0.132. The van der Waals surface area contributed by atoms with Gasteiger partial charge in [0.15, 0.2) is 0 Å². The number of carbonyl (C=O) groups excluding carboxylic acids is 1. The summed E-state index contributed by atoms with van der Waals surface area (Å²) in [6, 6.07) is -0.968. The maximum absolute atomic E-state index is 12.0. The summed E-state index contributed by atoms with van der Waals surface area (Å²) < 4.78 is 0. The van der Waals surface area contributed by atoms with Gasteiger partial charge in [0.05, 0.1) is 12.1 Å². The van der Waals surface area contributed by atoms with Crippen LogP contribution in [0.15, 0.2) is 11.6 Å². The van der Waals surface area contributed by atoms with Crippen molar-refractivity contribution in [2.75, 3.05) is 0 Å². The summed E-state index contributed by atoms with van der Waals surface area (Å²) in [6.45, 7) is 11.0. The van der Waals surface area contributed by atoms with Crippen LogP contribution in [0.3, 0.4) is 0 Å². The van der Waals surface area contributed by atoms with Crippen LogP contribution in [0.2, 0.25) is 0 Å². The van der Waals surface area contributed by atoms with Gasteiger partial charge in [-0.05, 0) is 18.3 Å². The van der Waals surface area contributed by atoms with E-state index in [9.17, 15) is 9.59 Å². The molecular weight excluding hydrogens is 244 g/mol. The average Bonchev–Trinajstić information content (AvgIpc) is 2.24. The second-order valence-corrected chi connectivity index (χ2v) is 6.28. The Morgan fingerprint density at radius 1 is 1.26 bits per heavy atom. The van der Waals surface area contributed by atoms with E-state index in [2.05, 4.69) is 5.32 Å². The number of amides is 1. The second kappa shape index (κ2) is 6.70. The van der Waals surface area contributed by atoms with Crippen LogP contribution in [-0.2, 0) is 9.59 Å². The van der Waals surface area contributed by atoms with Crippen molar-refractivity contribution in [3.8, 4) is 0 Å². The zero-order chi connectivity index (χ0) is 15.4. The van der Waals surface area contributed by atoms with E-state index >= 15 is 0 Å². The molecule has 0 radical (unpaired) electrons. The lowest BCUT2D eigenvalue weighted by Crippen LogP contribution is -2.52. The Bertz CT molecular complexity index is 367. The molecule has 0 aromatic rings. The molecule has 5 heteroatoms. The van der Waals surface area contributed by atoms with E-state index in [-0.39, 0.29) is 28.9 Å². The highest BCUT2D eigenvalue weighted by Crippen LogP contribution is 2.18. The first-order valence-electron chi connectivity index (χ1n) is 6.44. The molecular formula is C14H26N2O3. The number of aliphatic carboxylic acids is 1. The molecule has 19 heavy (non-hydrogen) atoms. The third kappa shape index (κ3) is 5.87. The Labute approximate surface area is 115 Å². The van der Waals surface area contributed by atoms with Gasteiger partial charge < -0.3 is 16.2 Å². The lowest BCUT2D eigenvalue weighted by atomic mass is 9.86. The topological polar surface area (TPSA) is 92.4 Å². The highest BCUT2D eigenvalue weighted by molar-refractivity contribution is 5.86. The lowest BCUT2D eigenvalue weighted by Gasteiger charge is -2.28. The van der Waals surface area contributed by atoms with E-state index in [0.717, 1.165) is 0 Å². The zero-order valence-electron chi connectivity index (χ0n) is 12.7. The molecule has 0 bridgehead atoms. The Kier molecular flexibility index (Phi) is 6.22. The van der Waals surface area contributed by atoms with Crippen molar-refractivity contribution in [1.29, 1.82) is 0 Å². The SMILES string of the molecule is CC(=C[C@@H](NC(=O)[C@@H](N)C(C)(C)C)C(C)C)C(=O)O. The molecule has 0 saturated heterocycles. The molecule has 0 aliphatic heterocycles. The summed E-state index contributed by atoms with van der Waals surface area (Å²) in [5.41, 5.74) is 5.76. The van der Waals surface area contributed by atoms with Gasteiger partial charge in [0.25, 0.3) is 0 Å². The van der Waals surface area contributed by atoms with Gasteiger partial charge in [-0.1, -0.05) is 40.7 Å². The first kappa shape index (κ1) is 17.6. The molecule has 0 unspecified atom stereocenters. The van der Waals surface area contributed by atoms with Crippen LogP contribution in [0.1, 0.15) is 41.5 Å². The van der Waals surface area contributed by atoms with E-state index in [4.69, 9.17) is 10.8 Å². The molecule has 0 aromatic heterocycles. The third-order valence-electron chi connectivity index (χ3n) is 3.01. The van der Waals surface area contributed by atoms with Gasteiger partial charge in [-0.25, -0.2) is 4.79 Å². The number of carbonyl (C=O) groups is 2. The molecule has 0 fully saturated rings. The van der Waals surface area contributed by atoms with Crippen molar-refractivity contribution in [2.45, 2.75) is 53.6 Å². The molecule has 0 heterocycles. The molecule has 5 nitrogen and oxygen atoms in total. The minimum atomic E-state index is -0.986. The molecule has 0 aromatic carbocycles. The van der Waals surface area contributed by atoms with Gasteiger partial charge in [0.2, 0.25) is 5.91 Å². The summed E-state index contributed by atoms with van der Waals surface area (Å²) in [5, 5.41) is 11.7. The molecule has 0 aliphatic carbocycles. The van der Waals surface area contributed by atoms with Gasteiger partial charge in [-0.2, -0.15) is 0 Å². The van der Waals surface area contributed by atoms with Crippen LogP contribution in [0.5, 0.6) is 0 Å². The van der Waals surface area contributed by atoms with Crippen LogP contribution in [0.25, 0.3) is 0 Å². The summed E-state index contributed by atoms with van der Waals surface area (Å²) in [4.78, 5) is 22.9. The summed E-state index contributed by atoms with van der Waals surface area (Å²) >= 11 is 0. The van der Waals surface area contributed by atoms with E-state index < -0.39 is 12.0 Å².